The Morgan fingerprint density at radius 1 is 1.47 bits per heavy atom. The minimum absolute atomic E-state index is 0.00111. The lowest BCUT2D eigenvalue weighted by atomic mass is 10.1. The maximum Gasteiger partial charge on any atom is 0.261 e. The van der Waals surface area contributed by atoms with Crippen molar-refractivity contribution in [3.63, 3.8) is 0 Å². The van der Waals surface area contributed by atoms with Gasteiger partial charge in [-0.25, -0.2) is 0 Å². The molecule has 1 aromatic heterocycles. The van der Waals surface area contributed by atoms with Crippen molar-refractivity contribution in [2.24, 2.45) is 0 Å². The van der Waals surface area contributed by atoms with Crippen LogP contribution in [0.15, 0.2) is 12.1 Å². The molecule has 82 valence electrons. The number of hydrogen-bond donors (Lipinski definition) is 2. The molecule has 1 fully saturated rings. The first-order valence-corrected chi connectivity index (χ1v) is 6.22. The minimum atomic E-state index is -0.00111. The number of carbonyl (C=O) groups excluding carboxylic acids is 1. The zero-order chi connectivity index (χ0) is 10.7. The molecule has 0 saturated carbocycles. The zero-order valence-corrected chi connectivity index (χ0v) is 9.83. The lowest BCUT2D eigenvalue weighted by Crippen LogP contribution is -2.42. The molecular weight excluding hydrogens is 232 g/mol. The summed E-state index contributed by atoms with van der Waals surface area (Å²) < 4.78 is 0.658. The van der Waals surface area contributed by atoms with Crippen molar-refractivity contribution in [2.45, 2.75) is 18.9 Å². The van der Waals surface area contributed by atoms with E-state index in [0.717, 1.165) is 25.9 Å². The standard InChI is InChI=1S/C10H13ClN2OS/c11-9-2-1-8(15-9)10(14)13-7-3-5-12-6-4-7/h1-2,7,12H,3-6H2,(H,13,14). The first-order chi connectivity index (χ1) is 7.25. The molecule has 0 atom stereocenters. The molecule has 1 amide bonds. The van der Waals surface area contributed by atoms with Crippen LogP contribution in [0.3, 0.4) is 0 Å². The van der Waals surface area contributed by atoms with Gasteiger partial charge in [0.05, 0.1) is 9.21 Å². The van der Waals surface area contributed by atoms with Crippen LogP contribution < -0.4 is 10.6 Å². The van der Waals surface area contributed by atoms with Crippen molar-refractivity contribution >= 4 is 28.8 Å². The Balaban J connectivity index is 1.91. The summed E-state index contributed by atoms with van der Waals surface area (Å²) in [6.45, 7) is 1.96. The number of piperidine rings is 1. The van der Waals surface area contributed by atoms with E-state index in [1.807, 2.05) is 0 Å². The molecule has 3 nitrogen and oxygen atoms in total. The third-order valence-electron chi connectivity index (χ3n) is 2.47. The molecule has 1 aliphatic rings. The molecule has 0 aromatic carbocycles. The van der Waals surface area contributed by atoms with Gasteiger partial charge in [0.25, 0.3) is 5.91 Å². The summed E-state index contributed by atoms with van der Waals surface area (Å²) in [6, 6.07) is 3.83. The summed E-state index contributed by atoms with van der Waals surface area (Å²) in [6.07, 6.45) is 2.01. The lowest BCUT2D eigenvalue weighted by Gasteiger charge is -2.23. The predicted molar refractivity (Wildman–Crippen MR) is 62.7 cm³/mol. The number of rotatable bonds is 2. The van der Waals surface area contributed by atoms with E-state index in [9.17, 15) is 4.79 Å². The fourth-order valence-electron chi connectivity index (χ4n) is 1.66. The van der Waals surface area contributed by atoms with Crippen molar-refractivity contribution in [3.8, 4) is 0 Å². The van der Waals surface area contributed by atoms with Gasteiger partial charge < -0.3 is 10.6 Å². The number of carbonyl (C=O) groups is 1. The fourth-order valence-corrected chi connectivity index (χ4v) is 2.61. The Bertz CT molecular complexity index is 347. The Morgan fingerprint density at radius 2 is 2.20 bits per heavy atom. The van der Waals surface area contributed by atoms with Gasteiger partial charge in [0.2, 0.25) is 0 Å². The second-order valence-electron chi connectivity index (χ2n) is 3.60. The molecule has 0 radical (unpaired) electrons. The number of thiophene rings is 1. The quantitative estimate of drug-likeness (QED) is 0.834. The second kappa shape index (κ2) is 4.96. The van der Waals surface area contributed by atoms with E-state index < -0.39 is 0 Å². The Morgan fingerprint density at radius 3 is 2.80 bits per heavy atom. The van der Waals surface area contributed by atoms with Gasteiger partial charge in [-0.3, -0.25) is 4.79 Å². The molecule has 0 spiro atoms. The molecule has 0 unspecified atom stereocenters. The Labute approximate surface area is 97.8 Å². The van der Waals surface area contributed by atoms with Crippen LogP contribution in [0.1, 0.15) is 22.5 Å². The van der Waals surface area contributed by atoms with E-state index in [-0.39, 0.29) is 5.91 Å². The molecule has 1 aliphatic heterocycles. The first kappa shape index (κ1) is 10.9. The predicted octanol–water partition coefficient (Wildman–Crippen LogP) is 1.88. The van der Waals surface area contributed by atoms with E-state index in [2.05, 4.69) is 10.6 Å². The summed E-state index contributed by atoms with van der Waals surface area (Å²) in [5.74, 6) is -0.00111. The first-order valence-electron chi connectivity index (χ1n) is 5.02. The smallest absolute Gasteiger partial charge is 0.261 e. The second-order valence-corrected chi connectivity index (χ2v) is 5.32. The van der Waals surface area contributed by atoms with Crippen LogP contribution in [0.25, 0.3) is 0 Å². The molecule has 2 heterocycles. The number of hydrogen-bond acceptors (Lipinski definition) is 3. The van der Waals surface area contributed by atoms with E-state index in [1.54, 1.807) is 12.1 Å². The van der Waals surface area contributed by atoms with Gasteiger partial charge in [-0.05, 0) is 38.1 Å². The fraction of sp³-hybridized carbons (Fsp3) is 0.500. The number of nitrogens with one attached hydrogen (secondary N) is 2. The van der Waals surface area contributed by atoms with Crippen LogP contribution in [0.2, 0.25) is 4.34 Å². The van der Waals surface area contributed by atoms with Crippen molar-refractivity contribution in [3.05, 3.63) is 21.3 Å². The number of amides is 1. The van der Waals surface area contributed by atoms with Crippen molar-refractivity contribution in [1.29, 1.82) is 0 Å². The van der Waals surface area contributed by atoms with Crippen molar-refractivity contribution in [1.82, 2.24) is 10.6 Å². The third-order valence-corrected chi connectivity index (χ3v) is 3.70. The van der Waals surface area contributed by atoms with E-state index in [1.165, 1.54) is 11.3 Å². The summed E-state index contributed by atoms with van der Waals surface area (Å²) in [4.78, 5) is 12.4. The highest BCUT2D eigenvalue weighted by Crippen LogP contribution is 2.21. The average Bonchev–Trinajstić information content (AvgIpc) is 2.66. The summed E-state index contributed by atoms with van der Waals surface area (Å²) in [5, 5.41) is 6.28. The maximum atomic E-state index is 11.7. The molecule has 5 heteroatoms. The van der Waals surface area contributed by atoms with E-state index in [0.29, 0.717) is 15.3 Å². The van der Waals surface area contributed by atoms with Crippen LogP contribution in [0, 0.1) is 0 Å². The Hall–Kier alpha value is -0.580. The van der Waals surface area contributed by atoms with Gasteiger partial charge in [-0.2, -0.15) is 0 Å². The SMILES string of the molecule is O=C(NC1CCNCC1)c1ccc(Cl)s1. The van der Waals surface area contributed by atoms with Crippen LogP contribution in [0.5, 0.6) is 0 Å². The minimum Gasteiger partial charge on any atom is -0.349 e. The Kier molecular flexibility index (Phi) is 3.61. The molecule has 0 aliphatic carbocycles. The van der Waals surface area contributed by atoms with Crippen molar-refractivity contribution in [2.75, 3.05) is 13.1 Å². The van der Waals surface area contributed by atoms with Gasteiger partial charge in [-0.15, -0.1) is 11.3 Å². The molecular formula is C10H13ClN2OS. The lowest BCUT2D eigenvalue weighted by molar-refractivity contribution is 0.0933. The van der Waals surface area contributed by atoms with E-state index >= 15 is 0 Å². The molecule has 1 aromatic rings. The van der Waals surface area contributed by atoms with E-state index in [4.69, 9.17) is 11.6 Å². The van der Waals surface area contributed by atoms with Gasteiger partial charge in [0.1, 0.15) is 0 Å². The third kappa shape index (κ3) is 2.93. The van der Waals surface area contributed by atoms with Gasteiger partial charge in [0.15, 0.2) is 0 Å². The molecule has 2 rings (SSSR count). The van der Waals surface area contributed by atoms with Crippen LogP contribution >= 0.6 is 22.9 Å². The highest BCUT2D eigenvalue weighted by atomic mass is 35.5. The van der Waals surface area contributed by atoms with Crippen LogP contribution in [0.4, 0.5) is 0 Å². The van der Waals surface area contributed by atoms with Gasteiger partial charge in [-0.1, -0.05) is 11.6 Å². The number of halogens is 1. The van der Waals surface area contributed by atoms with Crippen LogP contribution in [-0.4, -0.2) is 25.0 Å². The zero-order valence-electron chi connectivity index (χ0n) is 8.25. The van der Waals surface area contributed by atoms with Crippen molar-refractivity contribution < 1.29 is 4.79 Å². The molecule has 1 saturated heterocycles. The summed E-state index contributed by atoms with van der Waals surface area (Å²) in [5.41, 5.74) is 0. The normalized spacial score (nSPS) is 17.7. The monoisotopic (exact) mass is 244 g/mol. The average molecular weight is 245 g/mol. The highest BCUT2D eigenvalue weighted by molar-refractivity contribution is 7.17. The van der Waals surface area contributed by atoms with Gasteiger partial charge in [0, 0.05) is 6.04 Å². The molecule has 0 bridgehead atoms. The summed E-state index contributed by atoms with van der Waals surface area (Å²) >= 11 is 7.10. The molecule has 2 N–H and O–H groups in total. The van der Waals surface area contributed by atoms with Gasteiger partial charge >= 0.3 is 0 Å². The largest absolute Gasteiger partial charge is 0.349 e. The van der Waals surface area contributed by atoms with Crippen LogP contribution in [-0.2, 0) is 0 Å². The molecule has 15 heavy (non-hydrogen) atoms. The highest BCUT2D eigenvalue weighted by Gasteiger charge is 2.17. The topological polar surface area (TPSA) is 41.1 Å². The maximum absolute atomic E-state index is 11.7. The summed E-state index contributed by atoms with van der Waals surface area (Å²) in [7, 11) is 0.